The van der Waals surface area contributed by atoms with Crippen molar-refractivity contribution in [3.8, 4) is 0 Å². The van der Waals surface area contributed by atoms with Gasteiger partial charge in [-0.15, -0.1) is 0 Å². The van der Waals surface area contributed by atoms with Gasteiger partial charge in [-0.05, 0) is 30.7 Å². The molecule has 0 fully saturated rings. The van der Waals surface area contributed by atoms with Gasteiger partial charge in [0.1, 0.15) is 11.6 Å². The molecule has 0 amide bonds. The molecule has 98 valence electrons. The second-order valence-electron chi connectivity index (χ2n) is 4.32. The quantitative estimate of drug-likeness (QED) is 0.680. The van der Waals surface area contributed by atoms with Crippen LogP contribution in [0.3, 0.4) is 0 Å². The minimum absolute atomic E-state index is 0.214. The molecule has 0 heterocycles. The predicted molar refractivity (Wildman–Crippen MR) is 70.0 cm³/mol. The van der Waals surface area contributed by atoms with Gasteiger partial charge < -0.3 is 5.73 Å². The molecule has 0 spiro atoms. The SMILES string of the molecule is Cc1c(N)cccc1C(=O)Cc1c(F)cccc1F. The summed E-state index contributed by atoms with van der Waals surface area (Å²) in [4.78, 5) is 12.1. The first-order valence-electron chi connectivity index (χ1n) is 5.82. The van der Waals surface area contributed by atoms with Gasteiger partial charge in [-0.3, -0.25) is 4.79 Å². The zero-order chi connectivity index (χ0) is 14.0. The monoisotopic (exact) mass is 261 g/mol. The Morgan fingerprint density at radius 1 is 1.11 bits per heavy atom. The van der Waals surface area contributed by atoms with E-state index < -0.39 is 11.6 Å². The average Bonchev–Trinajstić information content (AvgIpc) is 2.37. The van der Waals surface area contributed by atoms with Crippen molar-refractivity contribution in [3.05, 3.63) is 64.7 Å². The number of rotatable bonds is 3. The number of anilines is 1. The fraction of sp³-hybridized carbons (Fsp3) is 0.133. The summed E-state index contributed by atoms with van der Waals surface area (Å²) in [6.07, 6.45) is -0.317. The molecule has 2 aromatic rings. The Morgan fingerprint density at radius 3 is 2.32 bits per heavy atom. The highest BCUT2D eigenvalue weighted by Crippen LogP contribution is 2.20. The van der Waals surface area contributed by atoms with Crippen molar-refractivity contribution in [1.29, 1.82) is 0 Å². The maximum atomic E-state index is 13.5. The van der Waals surface area contributed by atoms with E-state index in [4.69, 9.17) is 5.73 Å². The summed E-state index contributed by atoms with van der Waals surface area (Å²) in [5, 5.41) is 0. The van der Waals surface area contributed by atoms with Crippen LogP contribution in [0.15, 0.2) is 36.4 Å². The van der Waals surface area contributed by atoms with Gasteiger partial charge in [-0.25, -0.2) is 8.78 Å². The molecular formula is C15H13F2NO. The molecule has 2 rings (SSSR count). The molecule has 0 radical (unpaired) electrons. The number of Topliss-reactive ketones (excluding diaryl/α,β-unsaturated/α-hetero) is 1. The Labute approximate surface area is 109 Å². The van der Waals surface area contributed by atoms with Crippen molar-refractivity contribution in [2.75, 3.05) is 5.73 Å². The molecule has 0 atom stereocenters. The van der Waals surface area contributed by atoms with Gasteiger partial charge in [-0.1, -0.05) is 18.2 Å². The van der Waals surface area contributed by atoms with Gasteiger partial charge in [-0.2, -0.15) is 0 Å². The maximum absolute atomic E-state index is 13.5. The lowest BCUT2D eigenvalue weighted by atomic mass is 9.98. The van der Waals surface area contributed by atoms with Crippen molar-refractivity contribution in [3.63, 3.8) is 0 Å². The molecule has 0 aliphatic rings. The third kappa shape index (κ3) is 2.62. The summed E-state index contributed by atoms with van der Waals surface area (Å²) in [5.41, 5.74) is 7.00. The lowest BCUT2D eigenvalue weighted by molar-refractivity contribution is 0.0990. The van der Waals surface area contributed by atoms with Crippen LogP contribution in [0, 0.1) is 18.6 Å². The summed E-state index contributed by atoms with van der Waals surface area (Å²) < 4.78 is 27.0. The number of hydrogen-bond donors (Lipinski definition) is 1. The number of carbonyl (C=O) groups is 1. The van der Waals surface area contributed by atoms with E-state index in [1.165, 1.54) is 6.07 Å². The number of halogens is 2. The Bertz CT molecular complexity index is 618. The summed E-state index contributed by atoms with van der Waals surface area (Å²) in [6.45, 7) is 1.71. The van der Waals surface area contributed by atoms with Crippen LogP contribution in [-0.2, 0) is 6.42 Å². The van der Waals surface area contributed by atoms with Gasteiger partial charge in [0.2, 0.25) is 0 Å². The van der Waals surface area contributed by atoms with Crippen LogP contribution in [0.2, 0.25) is 0 Å². The second-order valence-corrected chi connectivity index (χ2v) is 4.32. The number of nitrogens with two attached hydrogens (primary N) is 1. The fourth-order valence-corrected chi connectivity index (χ4v) is 1.91. The van der Waals surface area contributed by atoms with E-state index in [9.17, 15) is 13.6 Å². The average molecular weight is 261 g/mol. The standard InChI is InChI=1S/C15H13F2NO/c1-9-10(4-2-7-14(9)18)15(19)8-11-12(16)5-3-6-13(11)17/h2-7H,8,18H2,1H3. The van der Waals surface area contributed by atoms with Gasteiger partial charge >= 0.3 is 0 Å². The second kappa shape index (κ2) is 5.18. The number of benzene rings is 2. The third-order valence-corrected chi connectivity index (χ3v) is 3.08. The van der Waals surface area contributed by atoms with Crippen LogP contribution >= 0.6 is 0 Å². The molecule has 2 N–H and O–H groups in total. The molecule has 19 heavy (non-hydrogen) atoms. The van der Waals surface area contributed by atoms with E-state index in [0.717, 1.165) is 12.1 Å². The van der Waals surface area contributed by atoms with Crippen molar-refractivity contribution in [1.82, 2.24) is 0 Å². The molecule has 0 bridgehead atoms. The van der Waals surface area contributed by atoms with Gasteiger partial charge in [0.05, 0.1) is 0 Å². The van der Waals surface area contributed by atoms with Gasteiger partial charge in [0, 0.05) is 23.2 Å². The van der Waals surface area contributed by atoms with Crippen molar-refractivity contribution in [2.45, 2.75) is 13.3 Å². The largest absolute Gasteiger partial charge is 0.398 e. The van der Waals surface area contributed by atoms with Crippen LogP contribution in [0.5, 0.6) is 0 Å². The summed E-state index contributed by atoms with van der Waals surface area (Å²) in [6, 6.07) is 8.47. The molecule has 0 aliphatic carbocycles. The molecular weight excluding hydrogens is 248 g/mol. The lowest BCUT2D eigenvalue weighted by Crippen LogP contribution is -2.09. The zero-order valence-corrected chi connectivity index (χ0v) is 10.4. The maximum Gasteiger partial charge on any atom is 0.167 e. The van der Waals surface area contributed by atoms with E-state index in [2.05, 4.69) is 0 Å². The highest BCUT2D eigenvalue weighted by atomic mass is 19.1. The number of carbonyl (C=O) groups excluding carboxylic acids is 1. The number of ketones is 1. The van der Waals surface area contributed by atoms with Crippen LogP contribution in [-0.4, -0.2) is 5.78 Å². The van der Waals surface area contributed by atoms with Crippen LogP contribution in [0.25, 0.3) is 0 Å². The molecule has 2 aromatic carbocycles. The molecule has 4 heteroatoms. The third-order valence-electron chi connectivity index (χ3n) is 3.08. The smallest absolute Gasteiger partial charge is 0.167 e. The molecule has 0 aromatic heterocycles. The van der Waals surface area contributed by atoms with Gasteiger partial charge in [0.15, 0.2) is 5.78 Å². The Balaban J connectivity index is 2.34. The number of hydrogen-bond acceptors (Lipinski definition) is 2. The van der Waals surface area contributed by atoms with Crippen LogP contribution in [0.1, 0.15) is 21.5 Å². The Morgan fingerprint density at radius 2 is 1.68 bits per heavy atom. The van der Waals surface area contributed by atoms with Crippen LogP contribution < -0.4 is 5.73 Å². The van der Waals surface area contributed by atoms with E-state index in [1.54, 1.807) is 25.1 Å². The molecule has 0 unspecified atom stereocenters. The topological polar surface area (TPSA) is 43.1 Å². The predicted octanol–water partition coefficient (Wildman–Crippen LogP) is 3.28. The lowest BCUT2D eigenvalue weighted by Gasteiger charge is -2.08. The summed E-state index contributed by atoms with van der Waals surface area (Å²) >= 11 is 0. The first-order valence-corrected chi connectivity index (χ1v) is 5.82. The highest BCUT2D eigenvalue weighted by molar-refractivity contribution is 5.99. The van der Waals surface area contributed by atoms with E-state index in [-0.39, 0.29) is 17.8 Å². The van der Waals surface area contributed by atoms with E-state index >= 15 is 0 Å². The number of nitrogen functional groups attached to an aromatic ring is 1. The molecule has 2 nitrogen and oxygen atoms in total. The zero-order valence-electron chi connectivity index (χ0n) is 10.4. The Kier molecular flexibility index (Phi) is 3.60. The first kappa shape index (κ1) is 13.2. The van der Waals surface area contributed by atoms with Crippen LogP contribution in [0.4, 0.5) is 14.5 Å². The first-order chi connectivity index (χ1) is 9.00. The highest BCUT2D eigenvalue weighted by Gasteiger charge is 2.16. The van der Waals surface area contributed by atoms with E-state index in [1.807, 2.05) is 0 Å². The fourth-order valence-electron chi connectivity index (χ4n) is 1.91. The molecule has 0 saturated heterocycles. The minimum Gasteiger partial charge on any atom is -0.398 e. The summed E-state index contributed by atoms with van der Waals surface area (Å²) in [7, 11) is 0. The van der Waals surface area contributed by atoms with Gasteiger partial charge in [0.25, 0.3) is 0 Å². The van der Waals surface area contributed by atoms with Crippen molar-refractivity contribution >= 4 is 11.5 Å². The summed E-state index contributed by atoms with van der Waals surface area (Å²) in [5.74, 6) is -1.78. The Hall–Kier alpha value is -2.23. The molecule has 0 saturated carbocycles. The normalized spacial score (nSPS) is 10.5. The van der Waals surface area contributed by atoms with E-state index in [0.29, 0.717) is 16.8 Å². The minimum atomic E-state index is -0.713. The molecule has 0 aliphatic heterocycles. The van der Waals surface area contributed by atoms with Crippen molar-refractivity contribution in [2.24, 2.45) is 0 Å². The van der Waals surface area contributed by atoms with Crippen molar-refractivity contribution < 1.29 is 13.6 Å².